The van der Waals surface area contributed by atoms with Gasteiger partial charge in [0.1, 0.15) is 28.3 Å². The number of carbonyl (C=O) groups excluding carboxylic acids is 1. The smallest absolute Gasteiger partial charge is 0.246 e. The van der Waals surface area contributed by atoms with E-state index in [0.717, 1.165) is 16.1 Å². The number of rotatable bonds is 5. The first-order valence-corrected chi connectivity index (χ1v) is 9.81. The summed E-state index contributed by atoms with van der Waals surface area (Å²) in [6.45, 7) is 2.25. The van der Waals surface area contributed by atoms with Crippen molar-refractivity contribution in [3.8, 4) is 0 Å². The van der Waals surface area contributed by atoms with Gasteiger partial charge in [-0.15, -0.1) is 0 Å². The quantitative estimate of drug-likeness (QED) is 0.799. The van der Waals surface area contributed by atoms with E-state index in [-0.39, 0.29) is 19.0 Å². The second-order valence-corrected chi connectivity index (χ2v) is 8.27. The molecule has 3 rings (SSSR count). The Kier molecular flexibility index (Phi) is 5.15. The summed E-state index contributed by atoms with van der Waals surface area (Å²) in [7, 11) is -2.47. The average molecular weight is 380 g/mol. The van der Waals surface area contributed by atoms with Crippen LogP contribution in [0.5, 0.6) is 0 Å². The van der Waals surface area contributed by atoms with Gasteiger partial charge in [-0.2, -0.15) is 4.31 Å². The third-order valence-electron chi connectivity index (χ3n) is 4.48. The molecule has 0 spiro atoms. The van der Waals surface area contributed by atoms with Gasteiger partial charge in [0.2, 0.25) is 15.9 Å². The summed E-state index contributed by atoms with van der Waals surface area (Å²) in [5.41, 5.74) is 0. The van der Waals surface area contributed by atoms with Crippen molar-refractivity contribution in [2.75, 3.05) is 13.6 Å². The summed E-state index contributed by atoms with van der Waals surface area (Å²) in [6.07, 6.45) is 0.964. The number of halogens is 1. The van der Waals surface area contributed by atoms with Crippen molar-refractivity contribution in [1.29, 1.82) is 0 Å². The lowest BCUT2D eigenvalue weighted by Gasteiger charge is -2.27. The van der Waals surface area contributed by atoms with E-state index in [9.17, 15) is 17.6 Å². The molecule has 2 aromatic rings. The second kappa shape index (κ2) is 7.20. The number of aryl methyl sites for hydroxylation is 1. The molecule has 0 bridgehead atoms. The maximum absolute atomic E-state index is 14.0. The fourth-order valence-electron chi connectivity index (χ4n) is 3.19. The summed E-state index contributed by atoms with van der Waals surface area (Å²) in [6, 6.07) is 7.97. The van der Waals surface area contributed by atoms with Gasteiger partial charge in [-0.3, -0.25) is 4.79 Å². The van der Waals surface area contributed by atoms with Gasteiger partial charge in [-0.25, -0.2) is 12.8 Å². The maximum atomic E-state index is 14.0. The molecule has 2 heterocycles. The van der Waals surface area contributed by atoms with Crippen LogP contribution in [-0.4, -0.2) is 43.2 Å². The fourth-order valence-corrected chi connectivity index (χ4v) is 4.91. The Hall–Kier alpha value is -2.19. The number of hydrogen-bond acceptors (Lipinski definition) is 4. The monoisotopic (exact) mass is 380 g/mol. The highest BCUT2D eigenvalue weighted by Crippen LogP contribution is 2.28. The molecule has 1 aliphatic rings. The molecule has 0 N–H and O–H groups in total. The number of furan rings is 1. The molecular weight excluding hydrogens is 359 g/mol. The van der Waals surface area contributed by atoms with Gasteiger partial charge >= 0.3 is 0 Å². The van der Waals surface area contributed by atoms with Gasteiger partial charge < -0.3 is 9.32 Å². The summed E-state index contributed by atoms with van der Waals surface area (Å²) in [5, 5.41) is 0. The highest BCUT2D eigenvalue weighted by atomic mass is 32.2. The minimum atomic E-state index is -4.08. The Morgan fingerprint density at radius 2 is 2.04 bits per heavy atom. The molecule has 1 aromatic heterocycles. The molecule has 8 heteroatoms. The number of amides is 1. The first kappa shape index (κ1) is 18.6. The molecule has 0 unspecified atom stereocenters. The van der Waals surface area contributed by atoms with Crippen LogP contribution in [0.4, 0.5) is 4.39 Å². The largest absolute Gasteiger partial charge is 0.464 e. The van der Waals surface area contributed by atoms with Crippen molar-refractivity contribution in [3.63, 3.8) is 0 Å². The van der Waals surface area contributed by atoms with Crippen molar-refractivity contribution >= 4 is 15.9 Å². The number of carbonyl (C=O) groups is 1. The Morgan fingerprint density at radius 1 is 1.31 bits per heavy atom. The van der Waals surface area contributed by atoms with Crippen molar-refractivity contribution in [2.24, 2.45) is 0 Å². The number of likely N-dealkylation sites (N-methyl/N-ethyl adjacent to an activating group) is 1. The summed E-state index contributed by atoms with van der Waals surface area (Å²) >= 11 is 0. The topological polar surface area (TPSA) is 70.8 Å². The zero-order chi connectivity index (χ0) is 18.9. The van der Waals surface area contributed by atoms with E-state index >= 15 is 0 Å². The molecule has 140 valence electrons. The molecule has 1 aromatic carbocycles. The van der Waals surface area contributed by atoms with Gasteiger partial charge in [-0.1, -0.05) is 12.1 Å². The molecule has 26 heavy (non-hydrogen) atoms. The van der Waals surface area contributed by atoms with Crippen LogP contribution in [0.15, 0.2) is 45.7 Å². The molecule has 6 nitrogen and oxygen atoms in total. The molecule has 0 radical (unpaired) electrons. The summed E-state index contributed by atoms with van der Waals surface area (Å²) in [5.74, 6) is 0.229. The van der Waals surface area contributed by atoms with E-state index in [1.54, 1.807) is 19.2 Å². The highest BCUT2D eigenvalue weighted by Gasteiger charge is 2.41. The number of benzene rings is 1. The number of nitrogens with zero attached hydrogens (tertiary/aromatic N) is 2. The standard InChI is InChI=1S/C18H21FN2O4S/c1-13-9-10-14(25-13)12-20(2)18(22)16-7-5-11-21(16)26(23,24)17-8-4-3-6-15(17)19/h3-4,6,8-10,16H,5,7,11-12H2,1-2H3/t16-/m1/s1. The van der Waals surface area contributed by atoms with Gasteiger partial charge in [0.25, 0.3) is 0 Å². The third-order valence-corrected chi connectivity index (χ3v) is 6.42. The van der Waals surface area contributed by atoms with Gasteiger partial charge in [0, 0.05) is 13.6 Å². The van der Waals surface area contributed by atoms with Gasteiger partial charge in [-0.05, 0) is 44.0 Å². The van der Waals surface area contributed by atoms with Crippen LogP contribution in [0, 0.1) is 12.7 Å². The molecule has 1 atom stereocenters. The first-order valence-electron chi connectivity index (χ1n) is 8.37. The van der Waals surface area contributed by atoms with Crippen LogP contribution >= 0.6 is 0 Å². The predicted octanol–water partition coefficient (Wildman–Crippen LogP) is 2.54. The first-order chi connectivity index (χ1) is 12.3. The molecule has 0 saturated carbocycles. The van der Waals surface area contributed by atoms with Crippen molar-refractivity contribution in [2.45, 2.75) is 37.2 Å². The van der Waals surface area contributed by atoms with Crippen LogP contribution in [0.3, 0.4) is 0 Å². The van der Waals surface area contributed by atoms with Crippen LogP contribution in [0.1, 0.15) is 24.4 Å². The molecule has 1 amide bonds. The minimum absolute atomic E-state index is 0.195. The van der Waals surface area contributed by atoms with Crippen LogP contribution in [-0.2, 0) is 21.4 Å². The van der Waals surface area contributed by atoms with Crippen molar-refractivity contribution in [1.82, 2.24) is 9.21 Å². The molecule has 1 saturated heterocycles. The summed E-state index contributed by atoms with van der Waals surface area (Å²) < 4.78 is 46.3. The Balaban J connectivity index is 1.81. The molecular formula is C18H21FN2O4S. The van der Waals surface area contributed by atoms with Gasteiger partial charge in [0.15, 0.2) is 0 Å². The predicted molar refractivity (Wildman–Crippen MR) is 93.2 cm³/mol. The number of hydrogen-bond donors (Lipinski definition) is 0. The van der Waals surface area contributed by atoms with Gasteiger partial charge in [0.05, 0.1) is 6.54 Å². The zero-order valence-corrected chi connectivity index (χ0v) is 15.5. The lowest BCUT2D eigenvalue weighted by Crippen LogP contribution is -2.46. The van der Waals surface area contributed by atoms with E-state index < -0.39 is 26.8 Å². The van der Waals surface area contributed by atoms with Crippen LogP contribution in [0.2, 0.25) is 0 Å². The SMILES string of the molecule is Cc1ccc(CN(C)C(=O)[C@H]2CCCN2S(=O)(=O)c2ccccc2F)o1. The minimum Gasteiger partial charge on any atom is -0.464 e. The third kappa shape index (κ3) is 3.52. The van der Waals surface area contributed by atoms with E-state index in [2.05, 4.69) is 0 Å². The summed E-state index contributed by atoms with van der Waals surface area (Å²) in [4.78, 5) is 13.9. The van der Waals surface area contributed by atoms with Crippen LogP contribution in [0.25, 0.3) is 0 Å². The lowest BCUT2D eigenvalue weighted by molar-refractivity contribution is -0.134. The second-order valence-electron chi connectivity index (χ2n) is 6.41. The Bertz CT molecular complexity index is 909. The van der Waals surface area contributed by atoms with Crippen molar-refractivity contribution in [3.05, 3.63) is 53.7 Å². The van der Waals surface area contributed by atoms with Crippen molar-refractivity contribution < 1.29 is 22.0 Å². The van der Waals surface area contributed by atoms with E-state index in [1.807, 2.05) is 6.92 Å². The molecule has 1 aliphatic heterocycles. The highest BCUT2D eigenvalue weighted by molar-refractivity contribution is 7.89. The normalized spacial score (nSPS) is 18.2. The van der Waals surface area contributed by atoms with E-state index in [1.165, 1.54) is 23.1 Å². The Labute approximate surface area is 152 Å². The molecule has 0 aliphatic carbocycles. The lowest BCUT2D eigenvalue weighted by atomic mass is 10.2. The number of sulfonamides is 1. The average Bonchev–Trinajstić information content (AvgIpc) is 3.23. The zero-order valence-electron chi connectivity index (χ0n) is 14.7. The Morgan fingerprint density at radius 3 is 2.69 bits per heavy atom. The van der Waals surface area contributed by atoms with E-state index in [0.29, 0.717) is 18.6 Å². The fraction of sp³-hybridized carbons (Fsp3) is 0.389. The molecule has 1 fully saturated rings. The van der Waals surface area contributed by atoms with E-state index in [4.69, 9.17) is 4.42 Å². The van der Waals surface area contributed by atoms with Crippen LogP contribution < -0.4 is 0 Å². The maximum Gasteiger partial charge on any atom is 0.246 e.